The molecule has 2 aliphatic heterocycles. The lowest BCUT2D eigenvalue weighted by Crippen LogP contribution is -2.64. The van der Waals surface area contributed by atoms with Gasteiger partial charge in [-0.1, -0.05) is 0 Å². The molecule has 2 aliphatic rings. The minimum atomic E-state index is -1.91. The highest BCUT2D eigenvalue weighted by Crippen LogP contribution is 2.44. The Balaban J connectivity index is 1.47. The highest BCUT2D eigenvalue weighted by atomic mass is 16.7. The zero-order chi connectivity index (χ0) is 32.2. The third kappa shape index (κ3) is 5.34. The SMILES string of the molecule is C[C@@H]1O[C@@H](Oc2cc(O)c3c(=O)c(O)c(-c4ccc(O)c(O)c4)oc3c2O)[C@H](O)[C@H](O[C@@H]2O[C@H](CO)[C@@H](O)[C@H](O)[C@H]2O)[C@H]1O. The number of rotatable bonds is 6. The number of benzene rings is 2. The summed E-state index contributed by atoms with van der Waals surface area (Å²) in [6.45, 7) is 0.593. The Morgan fingerprint density at radius 1 is 0.773 bits per heavy atom. The number of aliphatic hydroxyl groups is 6. The van der Waals surface area contributed by atoms with Gasteiger partial charge in [0.2, 0.25) is 23.2 Å². The van der Waals surface area contributed by atoms with Crippen LogP contribution < -0.4 is 10.2 Å². The molecule has 2 aromatic carbocycles. The summed E-state index contributed by atoms with van der Waals surface area (Å²) in [6.07, 6.45) is -16.5. The maximum atomic E-state index is 12.9. The van der Waals surface area contributed by atoms with Crippen LogP contribution in [0.4, 0.5) is 0 Å². The molecular weight excluding hydrogens is 596 g/mol. The van der Waals surface area contributed by atoms with Gasteiger partial charge >= 0.3 is 0 Å². The van der Waals surface area contributed by atoms with Crippen LogP contribution in [0.15, 0.2) is 33.5 Å². The van der Waals surface area contributed by atoms with Crippen molar-refractivity contribution < 1.29 is 79.5 Å². The molecule has 1 aromatic heterocycles. The molecule has 3 aromatic rings. The molecule has 10 atom stereocenters. The highest BCUT2D eigenvalue weighted by Gasteiger charge is 2.50. The number of phenols is 4. The van der Waals surface area contributed by atoms with Crippen LogP contribution in [0.5, 0.6) is 34.5 Å². The molecule has 0 aliphatic carbocycles. The number of hydrogen-bond acceptors (Lipinski definition) is 17. The summed E-state index contributed by atoms with van der Waals surface area (Å²) in [4.78, 5) is 12.9. The first-order valence-electron chi connectivity index (χ1n) is 13.2. The Labute approximate surface area is 246 Å². The van der Waals surface area contributed by atoms with Gasteiger partial charge in [-0.25, -0.2) is 0 Å². The number of hydrogen-bond donors (Lipinski definition) is 11. The van der Waals surface area contributed by atoms with Crippen LogP contribution >= 0.6 is 0 Å². The van der Waals surface area contributed by atoms with Crippen molar-refractivity contribution in [3.05, 3.63) is 34.5 Å². The van der Waals surface area contributed by atoms with Gasteiger partial charge in [-0.05, 0) is 25.1 Å². The quantitative estimate of drug-likeness (QED) is 0.104. The predicted molar refractivity (Wildman–Crippen MR) is 142 cm³/mol. The molecule has 240 valence electrons. The Bertz CT molecular complexity index is 1590. The molecule has 0 spiro atoms. The first-order valence-corrected chi connectivity index (χ1v) is 13.2. The largest absolute Gasteiger partial charge is 0.507 e. The molecule has 0 amide bonds. The van der Waals surface area contributed by atoms with Crippen LogP contribution in [0.2, 0.25) is 0 Å². The number of fused-ring (bicyclic) bond motifs is 1. The van der Waals surface area contributed by atoms with Crippen LogP contribution in [-0.2, 0) is 14.2 Å². The molecule has 44 heavy (non-hydrogen) atoms. The summed E-state index contributed by atoms with van der Waals surface area (Å²) in [5, 5.41) is 112. The Morgan fingerprint density at radius 3 is 2.14 bits per heavy atom. The molecule has 0 bridgehead atoms. The van der Waals surface area contributed by atoms with E-state index in [1.807, 2.05) is 0 Å². The molecule has 3 heterocycles. The standard InChI is InChI=1S/C27H30O17/c1-7-15(32)25(44-26-21(38)19(36)16(33)13(6-28)42-26)22(39)27(40-7)41-12-5-11(31)14-18(35)20(37)23(43-24(14)17(12)34)8-2-3-9(29)10(30)4-8/h2-5,7,13,15-16,19,21-22,25-34,36-39H,6H2,1H3/t7-,13+,15-,16+,19-,21+,22+,25+,26-,27-/m0/s1. The number of ether oxygens (including phenoxy) is 4. The van der Waals surface area contributed by atoms with E-state index in [2.05, 4.69) is 0 Å². The molecule has 17 nitrogen and oxygen atoms in total. The van der Waals surface area contributed by atoms with Crippen LogP contribution in [0.25, 0.3) is 22.3 Å². The zero-order valence-electron chi connectivity index (χ0n) is 22.7. The smallest absolute Gasteiger partial charge is 0.238 e. The number of aliphatic hydroxyl groups excluding tert-OH is 6. The maximum absolute atomic E-state index is 12.9. The van der Waals surface area contributed by atoms with Gasteiger partial charge in [-0.3, -0.25) is 4.79 Å². The Morgan fingerprint density at radius 2 is 1.48 bits per heavy atom. The normalized spacial score (nSPS) is 32.5. The fraction of sp³-hybridized carbons (Fsp3) is 0.444. The minimum Gasteiger partial charge on any atom is -0.507 e. The topological polar surface area (TPSA) is 290 Å². The fourth-order valence-electron chi connectivity index (χ4n) is 4.97. The average Bonchev–Trinajstić information content (AvgIpc) is 2.99. The van der Waals surface area contributed by atoms with Crippen molar-refractivity contribution in [2.75, 3.05) is 6.61 Å². The van der Waals surface area contributed by atoms with Gasteiger partial charge in [-0.15, -0.1) is 0 Å². The maximum Gasteiger partial charge on any atom is 0.238 e. The highest BCUT2D eigenvalue weighted by molar-refractivity contribution is 5.93. The van der Waals surface area contributed by atoms with Gasteiger partial charge in [0.25, 0.3) is 0 Å². The predicted octanol–water partition coefficient (Wildman–Crippen LogP) is -1.98. The molecule has 0 saturated carbocycles. The zero-order valence-corrected chi connectivity index (χ0v) is 22.7. The van der Waals surface area contributed by atoms with Crippen molar-refractivity contribution in [3.8, 4) is 45.8 Å². The lowest BCUT2D eigenvalue weighted by atomic mass is 9.97. The van der Waals surface area contributed by atoms with E-state index in [1.165, 1.54) is 13.0 Å². The van der Waals surface area contributed by atoms with Crippen LogP contribution in [0.1, 0.15) is 6.92 Å². The third-order valence-electron chi connectivity index (χ3n) is 7.46. The van der Waals surface area contributed by atoms with Gasteiger partial charge in [-0.2, -0.15) is 0 Å². The second kappa shape index (κ2) is 11.9. The first kappa shape index (κ1) is 31.5. The summed E-state index contributed by atoms with van der Waals surface area (Å²) in [7, 11) is 0. The van der Waals surface area contributed by atoms with Crippen molar-refractivity contribution in [1.82, 2.24) is 0 Å². The van der Waals surface area contributed by atoms with E-state index in [0.717, 1.165) is 18.2 Å². The van der Waals surface area contributed by atoms with Gasteiger partial charge < -0.3 is 79.5 Å². The van der Waals surface area contributed by atoms with Gasteiger partial charge in [0.15, 0.2) is 34.9 Å². The van der Waals surface area contributed by atoms with Crippen molar-refractivity contribution >= 4 is 11.0 Å². The minimum absolute atomic E-state index is 0.0935. The fourth-order valence-corrected chi connectivity index (χ4v) is 4.97. The van der Waals surface area contributed by atoms with E-state index in [-0.39, 0.29) is 5.56 Å². The lowest BCUT2D eigenvalue weighted by molar-refractivity contribution is -0.350. The summed E-state index contributed by atoms with van der Waals surface area (Å²) in [6, 6.07) is 3.96. The third-order valence-corrected chi connectivity index (χ3v) is 7.46. The van der Waals surface area contributed by atoms with E-state index < -0.39 is 125 Å². The summed E-state index contributed by atoms with van der Waals surface area (Å²) >= 11 is 0. The number of phenolic OH excluding ortho intramolecular Hbond substituents is 4. The van der Waals surface area contributed by atoms with Crippen molar-refractivity contribution in [1.29, 1.82) is 0 Å². The van der Waals surface area contributed by atoms with E-state index in [4.69, 9.17) is 23.4 Å². The molecule has 5 rings (SSSR count). The van der Waals surface area contributed by atoms with Crippen LogP contribution in [0.3, 0.4) is 0 Å². The summed E-state index contributed by atoms with van der Waals surface area (Å²) < 4.78 is 27.4. The molecule has 0 radical (unpaired) electrons. The first-order chi connectivity index (χ1) is 20.7. The Hall–Kier alpha value is -3.91. The molecule has 2 saturated heterocycles. The van der Waals surface area contributed by atoms with Gasteiger partial charge in [0.1, 0.15) is 53.9 Å². The number of aromatic hydroxyl groups is 5. The van der Waals surface area contributed by atoms with Crippen molar-refractivity contribution in [2.45, 2.75) is 68.3 Å². The van der Waals surface area contributed by atoms with E-state index in [1.54, 1.807) is 0 Å². The van der Waals surface area contributed by atoms with E-state index in [0.29, 0.717) is 0 Å². The Kier molecular flexibility index (Phi) is 8.51. The lowest BCUT2D eigenvalue weighted by Gasteiger charge is -2.45. The molecule has 11 N–H and O–H groups in total. The molecule has 2 fully saturated rings. The van der Waals surface area contributed by atoms with Crippen molar-refractivity contribution in [2.24, 2.45) is 0 Å². The molecule has 0 unspecified atom stereocenters. The average molecular weight is 627 g/mol. The van der Waals surface area contributed by atoms with Gasteiger partial charge in [0, 0.05) is 11.6 Å². The summed E-state index contributed by atoms with van der Waals surface area (Å²) in [5.41, 5.74) is -1.95. The molecule has 17 heteroatoms. The molecular formula is C27H30O17. The van der Waals surface area contributed by atoms with Crippen molar-refractivity contribution in [3.63, 3.8) is 0 Å². The van der Waals surface area contributed by atoms with E-state index in [9.17, 15) is 61.0 Å². The monoisotopic (exact) mass is 626 g/mol. The van der Waals surface area contributed by atoms with Gasteiger partial charge in [0.05, 0.1) is 12.7 Å². The van der Waals surface area contributed by atoms with Crippen LogP contribution in [-0.4, -0.2) is 124 Å². The second-order valence-electron chi connectivity index (χ2n) is 10.4. The summed E-state index contributed by atoms with van der Waals surface area (Å²) in [5.74, 6) is -5.01. The second-order valence-corrected chi connectivity index (χ2v) is 10.4. The van der Waals surface area contributed by atoms with Crippen LogP contribution in [0, 0.1) is 0 Å². The van der Waals surface area contributed by atoms with E-state index >= 15 is 0 Å².